The van der Waals surface area contributed by atoms with Crippen molar-refractivity contribution in [2.24, 2.45) is 7.05 Å². The van der Waals surface area contributed by atoms with Crippen LogP contribution in [0.15, 0.2) is 59.5 Å². The number of para-hydroxylation sites is 1. The molecule has 1 N–H and O–H groups in total. The van der Waals surface area contributed by atoms with Gasteiger partial charge < -0.3 is 9.40 Å². The van der Waals surface area contributed by atoms with Crippen LogP contribution < -0.4 is 4.90 Å². The van der Waals surface area contributed by atoms with Gasteiger partial charge in [-0.2, -0.15) is 5.10 Å². The first-order valence-electron chi connectivity index (χ1n) is 9.52. The van der Waals surface area contributed by atoms with Crippen molar-refractivity contribution in [2.45, 2.75) is 0 Å². The van der Waals surface area contributed by atoms with Gasteiger partial charge in [0.25, 0.3) is 5.89 Å². The number of rotatable bonds is 6. The minimum Gasteiger partial charge on any atom is -0.403 e. The Hall–Kier alpha value is -4.08. The van der Waals surface area contributed by atoms with Crippen LogP contribution in [0.5, 0.6) is 0 Å². The Morgan fingerprint density at radius 1 is 1.16 bits per heavy atom. The number of anilines is 2. The Labute approximate surface area is 175 Å². The Bertz CT molecular complexity index is 1360. The largest absolute Gasteiger partial charge is 0.403 e. The molecule has 0 atom stereocenters. The Morgan fingerprint density at radius 3 is 2.81 bits per heavy atom. The Kier molecular flexibility index (Phi) is 4.66. The molecular formula is C21H17F2N7O. The lowest BCUT2D eigenvalue weighted by Crippen LogP contribution is -2.21. The highest BCUT2D eigenvalue weighted by molar-refractivity contribution is 5.93. The SMILES string of the molecule is Cn1cc(-c2cnc3[nH]cc(-c4nnc(N(CCF)c5ccccc5F)o4)c3c2)cn1. The molecule has 5 aromatic rings. The molecule has 0 amide bonds. The maximum atomic E-state index is 14.3. The molecule has 0 saturated carbocycles. The number of halogens is 2. The van der Waals surface area contributed by atoms with E-state index < -0.39 is 12.5 Å². The number of fused-ring (bicyclic) bond motifs is 1. The molecule has 0 aliphatic rings. The lowest BCUT2D eigenvalue weighted by molar-refractivity contribution is 0.482. The summed E-state index contributed by atoms with van der Waals surface area (Å²) in [6, 6.07) is 8.00. The van der Waals surface area contributed by atoms with Gasteiger partial charge in [0.05, 0.1) is 24.0 Å². The van der Waals surface area contributed by atoms with Gasteiger partial charge in [-0.1, -0.05) is 17.2 Å². The van der Waals surface area contributed by atoms with Crippen LogP contribution in [0, 0.1) is 5.82 Å². The molecule has 8 nitrogen and oxygen atoms in total. The summed E-state index contributed by atoms with van der Waals surface area (Å²) in [7, 11) is 1.84. The van der Waals surface area contributed by atoms with Crippen molar-refractivity contribution < 1.29 is 13.2 Å². The van der Waals surface area contributed by atoms with E-state index in [2.05, 4.69) is 25.3 Å². The fourth-order valence-electron chi connectivity index (χ4n) is 3.42. The van der Waals surface area contributed by atoms with Gasteiger partial charge in [-0.05, 0) is 18.2 Å². The number of H-pyrrole nitrogens is 1. The lowest BCUT2D eigenvalue weighted by atomic mass is 10.1. The van der Waals surface area contributed by atoms with Crippen LogP contribution in [0.4, 0.5) is 20.5 Å². The van der Waals surface area contributed by atoms with Crippen LogP contribution in [0.25, 0.3) is 33.6 Å². The molecule has 4 aromatic heterocycles. The van der Waals surface area contributed by atoms with Gasteiger partial charge in [-0.25, -0.2) is 13.8 Å². The molecule has 0 aliphatic heterocycles. The van der Waals surface area contributed by atoms with E-state index >= 15 is 0 Å². The first kappa shape index (κ1) is 18.9. The summed E-state index contributed by atoms with van der Waals surface area (Å²) in [5, 5.41) is 13.1. The second-order valence-electron chi connectivity index (χ2n) is 6.91. The molecule has 0 bridgehead atoms. The number of alkyl halides is 1. The van der Waals surface area contributed by atoms with Crippen LogP contribution in [-0.2, 0) is 7.05 Å². The molecule has 0 saturated heterocycles. The van der Waals surface area contributed by atoms with Gasteiger partial charge in [0.1, 0.15) is 18.1 Å². The fraction of sp³-hybridized carbons (Fsp3) is 0.143. The average molecular weight is 421 g/mol. The van der Waals surface area contributed by atoms with Crippen LogP contribution in [0.3, 0.4) is 0 Å². The van der Waals surface area contributed by atoms with Crippen molar-refractivity contribution >= 4 is 22.7 Å². The highest BCUT2D eigenvalue weighted by Crippen LogP contribution is 2.33. The summed E-state index contributed by atoms with van der Waals surface area (Å²) in [4.78, 5) is 8.85. The van der Waals surface area contributed by atoms with E-state index in [1.165, 1.54) is 17.0 Å². The second kappa shape index (κ2) is 7.63. The molecule has 5 rings (SSSR count). The molecule has 31 heavy (non-hydrogen) atoms. The number of nitrogens with zero attached hydrogens (tertiary/aromatic N) is 6. The first-order valence-corrected chi connectivity index (χ1v) is 9.52. The Morgan fingerprint density at radius 2 is 2.03 bits per heavy atom. The summed E-state index contributed by atoms with van der Waals surface area (Å²) in [5.74, 6) is -0.292. The minimum atomic E-state index is -0.711. The molecule has 0 aliphatic carbocycles. The molecule has 0 spiro atoms. The van der Waals surface area contributed by atoms with Crippen molar-refractivity contribution in [1.29, 1.82) is 0 Å². The summed E-state index contributed by atoms with van der Waals surface area (Å²) in [6.07, 6.45) is 7.11. The van der Waals surface area contributed by atoms with Crippen molar-refractivity contribution in [3.05, 3.63) is 60.9 Å². The number of benzene rings is 1. The maximum absolute atomic E-state index is 14.3. The van der Waals surface area contributed by atoms with E-state index in [1.54, 1.807) is 35.4 Å². The van der Waals surface area contributed by atoms with E-state index in [-0.39, 0.29) is 24.1 Å². The van der Waals surface area contributed by atoms with Crippen molar-refractivity contribution in [3.63, 3.8) is 0 Å². The number of aromatic amines is 1. The molecular weight excluding hydrogens is 404 g/mol. The van der Waals surface area contributed by atoms with E-state index in [0.717, 1.165) is 16.5 Å². The molecule has 0 fully saturated rings. The lowest BCUT2D eigenvalue weighted by Gasteiger charge is -2.18. The first-order chi connectivity index (χ1) is 15.1. The summed E-state index contributed by atoms with van der Waals surface area (Å²) in [5.41, 5.74) is 3.25. The predicted octanol–water partition coefficient (Wildman–Crippen LogP) is 4.26. The van der Waals surface area contributed by atoms with Gasteiger partial charge in [0.2, 0.25) is 0 Å². The zero-order chi connectivity index (χ0) is 21.4. The zero-order valence-electron chi connectivity index (χ0n) is 16.5. The van der Waals surface area contributed by atoms with E-state index in [9.17, 15) is 8.78 Å². The number of aromatic nitrogens is 6. The fourth-order valence-corrected chi connectivity index (χ4v) is 3.42. The topological polar surface area (TPSA) is 88.7 Å². The summed E-state index contributed by atoms with van der Waals surface area (Å²) < 4.78 is 35.0. The van der Waals surface area contributed by atoms with E-state index in [4.69, 9.17) is 4.42 Å². The smallest absolute Gasteiger partial charge is 0.323 e. The van der Waals surface area contributed by atoms with Crippen molar-refractivity contribution in [2.75, 3.05) is 18.1 Å². The van der Waals surface area contributed by atoms with Crippen molar-refractivity contribution in [1.82, 2.24) is 29.9 Å². The molecule has 0 radical (unpaired) electrons. The maximum Gasteiger partial charge on any atom is 0.323 e. The number of pyridine rings is 1. The number of nitrogens with one attached hydrogen (secondary N) is 1. The summed E-state index contributed by atoms with van der Waals surface area (Å²) >= 11 is 0. The summed E-state index contributed by atoms with van der Waals surface area (Å²) in [6.45, 7) is -0.833. The molecule has 4 heterocycles. The third-order valence-corrected chi connectivity index (χ3v) is 4.90. The minimum absolute atomic E-state index is 0.00322. The normalized spacial score (nSPS) is 11.3. The molecule has 0 unspecified atom stereocenters. The van der Waals surface area contributed by atoms with Crippen LogP contribution >= 0.6 is 0 Å². The number of aryl methyl sites for hydroxylation is 1. The highest BCUT2D eigenvalue weighted by atomic mass is 19.1. The Balaban J connectivity index is 1.55. The van der Waals surface area contributed by atoms with Gasteiger partial charge >= 0.3 is 6.01 Å². The number of hydrogen-bond acceptors (Lipinski definition) is 6. The van der Waals surface area contributed by atoms with Crippen LogP contribution in [-0.4, -0.2) is 43.2 Å². The zero-order valence-corrected chi connectivity index (χ0v) is 16.5. The second-order valence-corrected chi connectivity index (χ2v) is 6.91. The average Bonchev–Trinajstić information content (AvgIpc) is 3.51. The van der Waals surface area contributed by atoms with Gasteiger partial charge in [-0.3, -0.25) is 9.58 Å². The van der Waals surface area contributed by atoms with Crippen molar-refractivity contribution in [3.8, 4) is 22.6 Å². The third-order valence-electron chi connectivity index (χ3n) is 4.90. The van der Waals surface area contributed by atoms with Gasteiger partial charge in [-0.15, -0.1) is 5.10 Å². The van der Waals surface area contributed by atoms with E-state index in [0.29, 0.717) is 11.2 Å². The monoisotopic (exact) mass is 421 g/mol. The van der Waals surface area contributed by atoms with E-state index in [1.807, 2.05) is 19.3 Å². The van der Waals surface area contributed by atoms with Gasteiger partial charge in [0, 0.05) is 42.2 Å². The highest BCUT2D eigenvalue weighted by Gasteiger charge is 2.21. The molecule has 1 aromatic carbocycles. The van der Waals surface area contributed by atoms with Crippen LogP contribution in [0.2, 0.25) is 0 Å². The quantitative estimate of drug-likeness (QED) is 0.441. The van der Waals surface area contributed by atoms with Crippen LogP contribution in [0.1, 0.15) is 0 Å². The molecule has 10 heteroatoms. The third kappa shape index (κ3) is 3.41. The molecule has 156 valence electrons. The predicted molar refractivity (Wildman–Crippen MR) is 111 cm³/mol. The standard InChI is InChI=1S/C21H17F2N7O/c1-29-12-14(10-26-29)13-8-15-16(11-25-19(15)24-9-13)20-27-28-21(31-20)30(7-6-22)18-5-3-2-4-17(18)23/h2-5,8-12H,6-7H2,1H3,(H,24,25). The number of hydrogen-bond donors (Lipinski definition) is 1. The van der Waals surface area contributed by atoms with Gasteiger partial charge in [0.15, 0.2) is 0 Å².